The lowest BCUT2D eigenvalue weighted by molar-refractivity contribution is 0.504. The van der Waals surface area contributed by atoms with Crippen molar-refractivity contribution in [2.75, 3.05) is 6.54 Å². The molecule has 0 saturated carbocycles. The van der Waals surface area contributed by atoms with E-state index in [1.165, 1.54) is 12.4 Å². The second-order valence-electron chi connectivity index (χ2n) is 4.36. The smallest absolute Gasteiger partial charge is 0.141 e. The molecule has 6 heteroatoms. The van der Waals surface area contributed by atoms with E-state index in [2.05, 4.69) is 43.4 Å². The average molecular weight is 327 g/mol. The van der Waals surface area contributed by atoms with Crippen molar-refractivity contribution in [3.05, 3.63) is 46.2 Å². The Kier molecular flexibility index (Phi) is 5.04. The number of hydrogen-bond donors (Lipinski definition) is 2. The molecule has 0 saturated heterocycles. The lowest BCUT2D eigenvalue weighted by atomic mass is 10.1. The Morgan fingerprint density at radius 3 is 2.89 bits per heavy atom. The summed E-state index contributed by atoms with van der Waals surface area (Å²) in [5, 5.41) is 10.1. The van der Waals surface area contributed by atoms with Crippen LogP contribution in [0.5, 0.6) is 0 Å². The summed E-state index contributed by atoms with van der Waals surface area (Å²) in [6.07, 6.45) is 3.17. The van der Waals surface area contributed by atoms with Gasteiger partial charge >= 0.3 is 0 Å². The first-order valence-electron chi connectivity index (χ1n) is 6.22. The van der Waals surface area contributed by atoms with Crippen LogP contribution in [0.1, 0.15) is 30.8 Å². The normalized spacial score (nSPS) is 12.6. The molecular weight excluding hydrogens is 311 g/mol. The maximum absolute atomic E-state index is 13.4. The van der Waals surface area contributed by atoms with Crippen LogP contribution in [0.3, 0.4) is 0 Å². The van der Waals surface area contributed by atoms with Gasteiger partial charge in [0.2, 0.25) is 0 Å². The molecule has 102 valence electrons. The lowest BCUT2D eigenvalue weighted by Gasteiger charge is -2.16. The molecule has 1 aromatic heterocycles. The standard InChI is InChI=1S/C13H16BrFN4/c1-2-3-16-12(13-17-8-18-19-13)6-9-4-10(14)7-11(15)5-9/h4-5,7-8,12,16H,2-3,6H2,1H3,(H,17,18,19). The van der Waals surface area contributed by atoms with E-state index in [0.29, 0.717) is 6.42 Å². The predicted octanol–water partition coefficient (Wildman–Crippen LogP) is 2.99. The highest BCUT2D eigenvalue weighted by molar-refractivity contribution is 9.10. The lowest BCUT2D eigenvalue weighted by Crippen LogP contribution is -2.25. The number of benzene rings is 1. The maximum atomic E-state index is 13.4. The summed E-state index contributed by atoms with van der Waals surface area (Å²) in [5.41, 5.74) is 0.914. The van der Waals surface area contributed by atoms with Gasteiger partial charge in [-0.3, -0.25) is 5.10 Å². The van der Waals surface area contributed by atoms with E-state index in [-0.39, 0.29) is 11.9 Å². The van der Waals surface area contributed by atoms with Gasteiger partial charge in [-0.05, 0) is 43.1 Å². The first kappa shape index (κ1) is 14.1. The number of H-pyrrole nitrogens is 1. The molecule has 2 N–H and O–H groups in total. The Balaban J connectivity index is 2.15. The van der Waals surface area contributed by atoms with E-state index in [1.807, 2.05) is 6.07 Å². The molecule has 1 aromatic carbocycles. The average Bonchev–Trinajstić information content (AvgIpc) is 2.87. The number of aromatic nitrogens is 3. The van der Waals surface area contributed by atoms with Gasteiger partial charge in [0.15, 0.2) is 0 Å². The molecule has 0 spiro atoms. The van der Waals surface area contributed by atoms with E-state index in [4.69, 9.17) is 0 Å². The summed E-state index contributed by atoms with van der Waals surface area (Å²) in [6, 6.07) is 4.92. The number of aromatic amines is 1. The molecule has 0 fully saturated rings. The summed E-state index contributed by atoms with van der Waals surface area (Å²) in [7, 11) is 0. The monoisotopic (exact) mass is 326 g/mol. The number of rotatable bonds is 6. The van der Waals surface area contributed by atoms with Crippen LogP contribution in [-0.2, 0) is 6.42 Å². The zero-order valence-electron chi connectivity index (χ0n) is 10.7. The van der Waals surface area contributed by atoms with E-state index < -0.39 is 0 Å². The fraction of sp³-hybridized carbons (Fsp3) is 0.385. The van der Waals surface area contributed by atoms with Gasteiger partial charge in [0.1, 0.15) is 18.0 Å². The zero-order chi connectivity index (χ0) is 13.7. The molecule has 19 heavy (non-hydrogen) atoms. The Hall–Kier alpha value is -1.27. The minimum absolute atomic E-state index is 0.0103. The molecule has 4 nitrogen and oxygen atoms in total. The minimum atomic E-state index is -0.240. The molecule has 2 rings (SSSR count). The van der Waals surface area contributed by atoms with Crippen LogP contribution in [0, 0.1) is 5.82 Å². The van der Waals surface area contributed by atoms with Crippen molar-refractivity contribution >= 4 is 15.9 Å². The Labute approximate surface area is 120 Å². The molecule has 0 aliphatic rings. The second kappa shape index (κ2) is 6.77. The summed E-state index contributed by atoms with van der Waals surface area (Å²) in [4.78, 5) is 4.18. The Morgan fingerprint density at radius 2 is 2.26 bits per heavy atom. The quantitative estimate of drug-likeness (QED) is 0.858. The maximum Gasteiger partial charge on any atom is 0.141 e. The van der Waals surface area contributed by atoms with E-state index >= 15 is 0 Å². The minimum Gasteiger partial charge on any atom is -0.307 e. The fourth-order valence-electron chi connectivity index (χ4n) is 1.93. The largest absolute Gasteiger partial charge is 0.307 e. The van der Waals surface area contributed by atoms with Crippen molar-refractivity contribution in [3.63, 3.8) is 0 Å². The van der Waals surface area contributed by atoms with Crippen molar-refractivity contribution in [2.45, 2.75) is 25.8 Å². The summed E-state index contributed by atoms with van der Waals surface area (Å²) < 4.78 is 14.1. The molecule has 2 aromatic rings. The first-order valence-corrected chi connectivity index (χ1v) is 7.02. The van der Waals surface area contributed by atoms with Gasteiger partial charge < -0.3 is 5.32 Å². The number of halogens is 2. The molecule has 0 aliphatic carbocycles. The third-order valence-corrected chi connectivity index (χ3v) is 3.22. The van der Waals surface area contributed by atoms with Crippen molar-refractivity contribution in [1.29, 1.82) is 0 Å². The molecule has 0 radical (unpaired) electrons. The number of hydrogen-bond acceptors (Lipinski definition) is 3. The SMILES string of the molecule is CCCNC(Cc1cc(F)cc(Br)c1)c1ncn[nH]1. The molecule has 1 atom stereocenters. The van der Waals surface area contributed by atoms with Gasteiger partial charge in [0, 0.05) is 4.47 Å². The summed E-state index contributed by atoms with van der Waals surface area (Å²) in [6.45, 7) is 2.98. The highest BCUT2D eigenvalue weighted by Crippen LogP contribution is 2.20. The summed E-state index contributed by atoms with van der Waals surface area (Å²) >= 11 is 3.31. The molecule has 1 unspecified atom stereocenters. The van der Waals surface area contributed by atoms with Crippen molar-refractivity contribution in [1.82, 2.24) is 20.5 Å². The van der Waals surface area contributed by atoms with Crippen LogP contribution in [0.25, 0.3) is 0 Å². The van der Waals surface area contributed by atoms with Gasteiger partial charge in [-0.25, -0.2) is 9.37 Å². The molecule has 0 bridgehead atoms. The van der Waals surface area contributed by atoms with Gasteiger partial charge in [-0.15, -0.1) is 0 Å². The second-order valence-corrected chi connectivity index (χ2v) is 5.27. The van der Waals surface area contributed by atoms with Crippen LogP contribution < -0.4 is 5.32 Å². The first-order chi connectivity index (χ1) is 9.19. The van der Waals surface area contributed by atoms with Crippen molar-refractivity contribution in [3.8, 4) is 0 Å². The van der Waals surface area contributed by atoms with E-state index in [9.17, 15) is 4.39 Å². The van der Waals surface area contributed by atoms with Crippen LogP contribution in [0.15, 0.2) is 29.0 Å². The molecule has 1 heterocycles. The third kappa shape index (κ3) is 4.11. The topological polar surface area (TPSA) is 53.6 Å². The molecule has 0 amide bonds. The van der Waals surface area contributed by atoms with E-state index in [1.54, 1.807) is 6.07 Å². The van der Waals surface area contributed by atoms with Crippen LogP contribution in [0.2, 0.25) is 0 Å². The van der Waals surface area contributed by atoms with Crippen LogP contribution in [-0.4, -0.2) is 21.7 Å². The summed E-state index contributed by atoms with van der Waals surface area (Å²) in [5.74, 6) is 0.532. The zero-order valence-corrected chi connectivity index (χ0v) is 12.2. The fourth-order valence-corrected chi connectivity index (χ4v) is 2.44. The van der Waals surface area contributed by atoms with Gasteiger partial charge in [0.05, 0.1) is 6.04 Å². The Morgan fingerprint density at radius 1 is 1.42 bits per heavy atom. The van der Waals surface area contributed by atoms with Gasteiger partial charge in [0.25, 0.3) is 0 Å². The van der Waals surface area contributed by atoms with Crippen molar-refractivity contribution in [2.24, 2.45) is 0 Å². The van der Waals surface area contributed by atoms with Gasteiger partial charge in [-0.2, -0.15) is 5.10 Å². The highest BCUT2D eigenvalue weighted by atomic mass is 79.9. The van der Waals surface area contributed by atoms with Crippen LogP contribution >= 0.6 is 15.9 Å². The molecular formula is C13H16BrFN4. The highest BCUT2D eigenvalue weighted by Gasteiger charge is 2.15. The predicted molar refractivity (Wildman–Crippen MR) is 75.2 cm³/mol. The molecule has 0 aliphatic heterocycles. The Bertz CT molecular complexity index is 495. The van der Waals surface area contributed by atoms with Gasteiger partial charge in [-0.1, -0.05) is 22.9 Å². The number of nitrogens with zero attached hydrogens (tertiary/aromatic N) is 2. The third-order valence-electron chi connectivity index (χ3n) is 2.77. The van der Waals surface area contributed by atoms with Crippen LogP contribution in [0.4, 0.5) is 4.39 Å². The van der Waals surface area contributed by atoms with E-state index in [0.717, 1.165) is 28.8 Å². The van der Waals surface area contributed by atoms with Crippen molar-refractivity contribution < 1.29 is 4.39 Å². The number of nitrogens with one attached hydrogen (secondary N) is 2.